The predicted molar refractivity (Wildman–Crippen MR) is 91.1 cm³/mol. The SMILES string of the molecule is Cc1cccnc1C(NC(=O)N1CCCCC1CCO)C(C)C. The molecule has 0 radical (unpaired) electrons. The molecule has 2 amide bonds. The molecule has 1 fully saturated rings. The Morgan fingerprint density at radius 3 is 2.91 bits per heavy atom. The van der Waals surface area contributed by atoms with Gasteiger partial charge in [-0.2, -0.15) is 0 Å². The van der Waals surface area contributed by atoms with Gasteiger partial charge in [-0.25, -0.2) is 4.79 Å². The summed E-state index contributed by atoms with van der Waals surface area (Å²) in [6.45, 7) is 7.12. The Morgan fingerprint density at radius 2 is 2.26 bits per heavy atom. The summed E-state index contributed by atoms with van der Waals surface area (Å²) in [5.41, 5.74) is 2.03. The van der Waals surface area contributed by atoms with Crippen LogP contribution >= 0.6 is 0 Å². The number of hydrogen-bond acceptors (Lipinski definition) is 3. The predicted octanol–water partition coefficient (Wildman–Crippen LogP) is 3.03. The monoisotopic (exact) mass is 319 g/mol. The van der Waals surface area contributed by atoms with Crippen molar-refractivity contribution < 1.29 is 9.90 Å². The van der Waals surface area contributed by atoms with Crippen LogP contribution < -0.4 is 5.32 Å². The maximum atomic E-state index is 12.8. The van der Waals surface area contributed by atoms with Crippen LogP contribution in [0.2, 0.25) is 0 Å². The number of rotatable bonds is 5. The lowest BCUT2D eigenvalue weighted by Gasteiger charge is -2.37. The zero-order valence-corrected chi connectivity index (χ0v) is 14.5. The molecule has 0 aromatic carbocycles. The molecule has 128 valence electrons. The number of hydrogen-bond donors (Lipinski definition) is 2. The van der Waals surface area contributed by atoms with E-state index < -0.39 is 0 Å². The summed E-state index contributed by atoms with van der Waals surface area (Å²) in [6.07, 6.45) is 5.57. The third-order valence-corrected chi connectivity index (χ3v) is 4.64. The van der Waals surface area contributed by atoms with Gasteiger partial charge in [0.15, 0.2) is 0 Å². The number of nitrogens with zero attached hydrogens (tertiary/aromatic N) is 2. The third-order valence-electron chi connectivity index (χ3n) is 4.64. The van der Waals surface area contributed by atoms with E-state index in [-0.39, 0.29) is 30.6 Å². The summed E-state index contributed by atoms with van der Waals surface area (Å²) in [4.78, 5) is 19.2. The summed E-state index contributed by atoms with van der Waals surface area (Å²) in [5.74, 6) is 0.258. The lowest BCUT2D eigenvalue weighted by molar-refractivity contribution is 0.127. The first-order valence-electron chi connectivity index (χ1n) is 8.64. The van der Waals surface area contributed by atoms with Crippen molar-refractivity contribution in [2.24, 2.45) is 5.92 Å². The van der Waals surface area contributed by atoms with Gasteiger partial charge in [-0.05, 0) is 50.2 Å². The summed E-state index contributed by atoms with van der Waals surface area (Å²) in [7, 11) is 0. The molecular formula is C18H29N3O2. The molecular weight excluding hydrogens is 290 g/mol. The van der Waals surface area contributed by atoms with Crippen molar-refractivity contribution in [3.05, 3.63) is 29.6 Å². The van der Waals surface area contributed by atoms with Gasteiger partial charge >= 0.3 is 6.03 Å². The number of piperidine rings is 1. The molecule has 1 saturated heterocycles. The number of aliphatic hydroxyl groups is 1. The second kappa shape index (κ2) is 8.29. The molecule has 2 atom stereocenters. The Morgan fingerprint density at radius 1 is 1.48 bits per heavy atom. The second-order valence-electron chi connectivity index (χ2n) is 6.73. The molecule has 0 bridgehead atoms. The van der Waals surface area contributed by atoms with Crippen molar-refractivity contribution in [2.75, 3.05) is 13.2 Å². The van der Waals surface area contributed by atoms with Crippen LogP contribution in [-0.4, -0.2) is 40.2 Å². The van der Waals surface area contributed by atoms with Crippen LogP contribution in [0.3, 0.4) is 0 Å². The molecule has 5 heteroatoms. The Bertz CT molecular complexity index is 517. The van der Waals surface area contributed by atoms with Crippen LogP contribution in [0.4, 0.5) is 4.79 Å². The van der Waals surface area contributed by atoms with Gasteiger partial charge in [0, 0.05) is 25.4 Å². The van der Waals surface area contributed by atoms with Gasteiger partial charge in [-0.3, -0.25) is 4.98 Å². The van der Waals surface area contributed by atoms with Crippen LogP contribution in [0.25, 0.3) is 0 Å². The Labute approximate surface area is 139 Å². The molecule has 2 rings (SSSR count). The average molecular weight is 319 g/mol. The molecule has 0 saturated carbocycles. The van der Waals surface area contributed by atoms with E-state index in [0.29, 0.717) is 6.42 Å². The first-order chi connectivity index (χ1) is 11.0. The van der Waals surface area contributed by atoms with E-state index in [1.54, 1.807) is 6.20 Å². The smallest absolute Gasteiger partial charge is 0.318 e. The minimum absolute atomic E-state index is 0.0353. The molecule has 0 spiro atoms. The number of aliphatic hydroxyl groups excluding tert-OH is 1. The topological polar surface area (TPSA) is 65.5 Å². The molecule has 1 aliphatic heterocycles. The summed E-state index contributed by atoms with van der Waals surface area (Å²) >= 11 is 0. The molecule has 5 nitrogen and oxygen atoms in total. The van der Waals surface area contributed by atoms with Crippen LogP contribution in [0.5, 0.6) is 0 Å². The minimum Gasteiger partial charge on any atom is -0.396 e. The van der Waals surface area contributed by atoms with E-state index in [1.807, 2.05) is 24.0 Å². The number of nitrogens with one attached hydrogen (secondary N) is 1. The molecule has 0 aliphatic carbocycles. The minimum atomic E-state index is -0.0968. The summed E-state index contributed by atoms with van der Waals surface area (Å²) in [6, 6.07) is 3.96. The number of pyridine rings is 1. The lowest BCUT2D eigenvalue weighted by Crippen LogP contribution is -2.50. The fourth-order valence-corrected chi connectivity index (χ4v) is 3.31. The van der Waals surface area contributed by atoms with Gasteiger partial charge in [0.25, 0.3) is 0 Å². The number of aromatic nitrogens is 1. The zero-order chi connectivity index (χ0) is 16.8. The maximum absolute atomic E-state index is 12.8. The van der Waals surface area contributed by atoms with Crippen molar-refractivity contribution >= 4 is 6.03 Å². The summed E-state index contributed by atoms with van der Waals surface area (Å²) in [5, 5.41) is 12.4. The number of carbonyl (C=O) groups excluding carboxylic acids is 1. The van der Waals surface area contributed by atoms with E-state index in [4.69, 9.17) is 0 Å². The fourth-order valence-electron chi connectivity index (χ4n) is 3.31. The van der Waals surface area contributed by atoms with Gasteiger partial charge in [0.1, 0.15) is 0 Å². The molecule has 23 heavy (non-hydrogen) atoms. The van der Waals surface area contributed by atoms with Crippen molar-refractivity contribution in [1.82, 2.24) is 15.2 Å². The highest BCUT2D eigenvalue weighted by Gasteiger charge is 2.29. The normalized spacial score (nSPS) is 19.7. The third kappa shape index (κ3) is 4.44. The van der Waals surface area contributed by atoms with Crippen molar-refractivity contribution in [3.63, 3.8) is 0 Å². The Hall–Kier alpha value is -1.62. The van der Waals surface area contributed by atoms with E-state index in [0.717, 1.165) is 37.1 Å². The van der Waals surface area contributed by atoms with Crippen LogP contribution in [-0.2, 0) is 0 Å². The average Bonchev–Trinajstić information content (AvgIpc) is 2.54. The highest BCUT2D eigenvalue weighted by atomic mass is 16.3. The molecule has 1 aromatic rings. The fraction of sp³-hybridized carbons (Fsp3) is 0.667. The van der Waals surface area contributed by atoms with Crippen molar-refractivity contribution in [2.45, 2.75) is 58.5 Å². The first kappa shape index (κ1) is 17.7. The van der Waals surface area contributed by atoms with Gasteiger partial charge in [0.05, 0.1) is 11.7 Å². The summed E-state index contributed by atoms with van der Waals surface area (Å²) < 4.78 is 0. The number of amides is 2. The molecule has 2 N–H and O–H groups in total. The Balaban J connectivity index is 2.13. The molecule has 2 heterocycles. The molecule has 2 unspecified atom stereocenters. The van der Waals surface area contributed by atoms with E-state index in [1.165, 1.54) is 0 Å². The Kier molecular flexibility index (Phi) is 6.39. The van der Waals surface area contributed by atoms with E-state index >= 15 is 0 Å². The van der Waals surface area contributed by atoms with Gasteiger partial charge < -0.3 is 15.3 Å². The second-order valence-corrected chi connectivity index (χ2v) is 6.73. The number of urea groups is 1. The molecule has 1 aliphatic rings. The highest BCUT2D eigenvalue weighted by molar-refractivity contribution is 5.75. The largest absolute Gasteiger partial charge is 0.396 e. The van der Waals surface area contributed by atoms with Crippen LogP contribution in [0.15, 0.2) is 18.3 Å². The first-order valence-corrected chi connectivity index (χ1v) is 8.64. The van der Waals surface area contributed by atoms with Gasteiger partial charge in [-0.15, -0.1) is 0 Å². The standard InChI is InChI=1S/C18H29N3O2/c1-13(2)16(17-14(3)7-6-10-19-17)20-18(23)21-11-5-4-8-15(21)9-12-22/h6-7,10,13,15-16,22H,4-5,8-9,11-12H2,1-3H3,(H,20,23). The van der Waals surface area contributed by atoms with Crippen LogP contribution in [0.1, 0.15) is 56.8 Å². The van der Waals surface area contributed by atoms with Crippen LogP contribution in [0, 0.1) is 12.8 Å². The lowest BCUT2D eigenvalue weighted by atomic mass is 9.97. The van der Waals surface area contributed by atoms with E-state index in [2.05, 4.69) is 24.1 Å². The number of aryl methyl sites for hydroxylation is 1. The van der Waals surface area contributed by atoms with Gasteiger partial charge in [0.2, 0.25) is 0 Å². The zero-order valence-electron chi connectivity index (χ0n) is 14.5. The molecule has 1 aromatic heterocycles. The van der Waals surface area contributed by atoms with Crippen molar-refractivity contribution in [1.29, 1.82) is 0 Å². The van der Waals surface area contributed by atoms with Gasteiger partial charge in [-0.1, -0.05) is 19.9 Å². The number of carbonyl (C=O) groups is 1. The maximum Gasteiger partial charge on any atom is 0.318 e. The number of likely N-dealkylation sites (tertiary alicyclic amines) is 1. The quantitative estimate of drug-likeness (QED) is 0.876. The van der Waals surface area contributed by atoms with Crippen molar-refractivity contribution in [3.8, 4) is 0 Å². The highest BCUT2D eigenvalue weighted by Crippen LogP contribution is 2.25. The van der Waals surface area contributed by atoms with E-state index in [9.17, 15) is 9.90 Å².